The molecule has 1 aliphatic rings. The lowest BCUT2D eigenvalue weighted by Crippen LogP contribution is -2.46. The fourth-order valence-corrected chi connectivity index (χ4v) is 3.05. The van der Waals surface area contributed by atoms with E-state index < -0.39 is 0 Å². The van der Waals surface area contributed by atoms with Crippen LogP contribution in [-0.2, 0) is 16.0 Å². The largest absolute Gasteiger partial charge is 0.379 e. The maximum absolute atomic E-state index is 12.1. The first kappa shape index (κ1) is 16.9. The van der Waals surface area contributed by atoms with E-state index in [1.807, 2.05) is 30.3 Å². The number of para-hydroxylation sites is 1. The molecule has 1 amide bonds. The molecule has 1 N–H and O–H groups in total. The number of nitrogens with one attached hydrogen (secondary N) is 1. The van der Waals surface area contributed by atoms with Crippen molar-refractivity contribution in [2.45, 2.75) is 25.8 Å². The highest BCUT2D eigenvalue weighted by atomic mass is 16.5. The number of aromatic nitrogens is 1. The number of nitrogens with zero attached hydrogens (tertiary/aromatic N) is 2. The molecule has 1 unspecified atom stereocenters. The SMILES string of the molecule is CC(CN1CCOCC1)NC(=O)CCc1ccc2ccccc2n1. The maximum Gasteiger partial charge on any atom is 0.220 e. The Labute approximate surface area is 143 Å². The molecule has 0 bridgehead atoms. The number of carbonyl (C=O) groups excluding carboxylic acids is 1. The van der Waals surface area contributed by atoms with Crippen molar-refractivity contribution in [2.75, 3.05) is 32.8 Å². The summed E-state index contributed by atoms with van der Waals surface area (Å²) >= 11 is 0. The number of pyridine rings is 1. The summed E-state index contributed by atoms with van der Waals surface area (Å²) in [5, 5.41) is 4.21. The molecule has 0 aliphatic carbocycles. The molecule has 1 aromatic carbocycles. The number of fused-ring (bicyclic) bond motifs is 1. The third-order valence-electron chi connectivity index (χ3n) is 4.31. The predicted molar refractivity (Wildman–Crippen MR) is 94.9 cm³/mol. The summed E-state index contributed by atoms with van der Waals surface area (Å²) in [5.41, 5.74) is 1.95. The van der Waals surface area contributed by atoms with Gasteiger partial charge in [-0.1, -0.05) is 24.3 Å². The first-order valence-corrected chi connectivity index (χ1v) is 8.65. The van der Waals surface area contributed by atoms with E-state index >= 15 is 0 Å². The average molecular weight is 327 g/mol. The van der Waals surface area contributed by atoms with Crippen molar-refractivity contribution in [1.29, 1.82) is 0 Å². The van der Waals surface area contributed by atoms with Crippen LogP contribution in [-0.4, -0.2) is 54.7 Å². The lowest BCUT2D eigenvalue weighted by Gasteiger charge is -2.29. The molecule has 5 nitrogen and oxygen atoms in total. The topological polar surface area (TPSA) is 54.5 Å². The van der Waals surface area contributed by atoms with Gasteiger partial charge < -0.3 is 10.1 Å². The summed E-state index contributed by atoms with van der Waals surface area (Å²) in [6.45, 7) is 6.40. The van der Waals surface area contributed by atoms with Crippen molar-refractivity contribution in [3.63, 3.8) is 0 Å². The minimum atomic E-state index is 0.0886. The van der Waals surface area contributed by atoms with E-state index in [0.29, 0.717) is 12.8 Å². The first-order valence-electron chi connectivity index (χ1n) is 8.65. The Bertz CT molecular complexity index is 683. The van der Waals surface area contributed by atoms with Gasteiger partial charge in [-0.2, -0.15) is 0 Å². The Balaban J connectivity index is 1.45. The highest BCUT2D eigenvalue weighted by molar-refractivity contribution is 5.79. The second kappa shape index (κ2) is 8.22. The molecule has 1 saturated heterocycles. The minimum Gasteiger partial charge on any atom is -0.379 e. The molecular weight excluding hydrogens is 302 g/mol. The van der Waals surface area contributed by atoms with Crippen LogP contribution in [0.1, 0.15) is 19.0 Å². The molecule has 2 heterocycles. The van der Waals surface area contributed by atoms with Crippen LogP contribution in [0.2, 0.25) is 0 Å². The zero-order chi connectivity index (χ0) is 16.8. The molecule has 1 atom stereocenters. The zero-order valence-corrected chi connectivity index (χ0v) is 14.2. The van der Waals surface area contributed by atoms with E-state index in [9.17, 15) is 4.79 Å². The van der Waals surface area contributed by atoms with Crippen LogP contribution in [0, 0.1) is 0 Å². The summed E-state index contributed by atoms with van der Waals surface area (Å²) < 4.78 is 5.34. The van der Waals surface area contributed by atoms with E-state index in [1.54, 1.807) is 0 Å². The smallest absolute Gasteiger partial charge is 0.220 e. The molecule has 0 radical (unpaired) electrons. The molecule has 1 fully saturated rings. The van der Waals surface area contributed by atoms with Crippen molar-refractivity contribution in [2.24, 2.45) is 0 Å². The fourth-order valence-electron chi connectivity index (χ4n) is 3.05. The Kier molecular flexibility index (Phi) is 5.77. The predicted octanol–water partition coefficient (Wildman–Crippen LogP) is 2.00. The van der Waals surface area contributed by atoms with E-state index in [0.717, 1.165) is 49.4 Å². The van der Waals surface area contributed by atoms with Gasteiger partial charge in [-0.3, -0.25) is 14.7 Å². The van der Waals surface area contributed by atoms with Gasteiger partial charge in [0.25, 0.3) is 0 Å². The Morgan fingerprint density at radius 3 is 2.88 bits per heavy atom. The molecule has 2 aromatic rings. The Morgan fingerprint density at radius 1 is 1.25 bits per heavy atom. The number of ether oxygens (including phenoxy) is 1. The highest BCUT2D eigenvalue weighted by Crippen LogP contribution is 2.12. The Morgan fingerprint density at radius 2 is 2.04 bits per heavy atom. The normalized spacial score (nSPS) is 16.9. The number of rotatable bonds is 6. The van der Waals surface area contributed by atoms with Gasteiger partial charge in [0.2, 0.25) is 5.91 Å². The summed E-state index contributed by atoms with van der Waals surface area (Å²) in [7, 11) is 0. The van der Waals surface area contributed by atoms with Crippen LogP contribution >= 0.6 is 0 Å². The molecule has 3 rings (SSSR count). The quantitative estimate of drug-likeness (QED) is 0.882. The average Bonchev–Trinajstić information content (AvgIpc) is 2.60. The van der Waals surface area contributed by atoms with Crippen LogP contribution < -0.4 is 5.32 Å². The zero-order valence-electron chi connectivity index (χ0n) is 14.2. The van der Waals surface area contributed by atoms with Crippen LogP contribution in [0.4, 0.5) is 0 Å². The van der Waals surface area contributed by atoms with E-state index in [2.05, 4.69) is 28.2 Å². The van der Waals surface area contributed by atoms with Crippen LogP contribution in [0.25, 0.3) is 10.9 Å². The van der Waals surface area contributed by atoms with E-state index in [4.69, 9.17) is 4.74 Å². The van der Waals surface area contributed by atoms with E-state index in [-0.39, 0.29) is 11.9 Å². The van der Waals surface area contributed by atoms with Crippen LogP contribution in [0.3, 0.4) is 0 Å². The first-order chi connectivity index (χ1) is 11.7. The number of aryl methyl sites for hydroxylation is 1. The third kappa shape index (κ3) is 4.76. The van der Waals surface area contributed by atoms with Crippen molar-refractivity contribution >= 4 is 16.8 Å². The van der Waals surface area contributed by atoms with Crippen molar-refractivity contribution in [3.8, 4) is 0 Å². The van der Waals surface area contributed by atoms with Gasteiger partial charge >= 0.3 is 0 Å². The lowest BCUT2D eigenvalue weighted by atomic mass is 10.1. The summed E-state index contributed by atoms with van der Waals surface area (Å²) in [5.74, 6) is 0.0886. The molecular formula is C19H25N3O2. The summed E-state index contributed by atoms with van der Waals surface area (Å²) in [6.07, 6.45) is 1.14. The van der Waals surface area contributed by atoms with Gasteiger partial charge in [0, 0.05) is 43.2 Å². The lowest BCUT2D eigenvalue weighted by molar-refractivity contribution is -0.121. The van der Waals surface area contributed by atoms with Crippen LogP contribution in [0.15, 0.2) is 36.4 Å². The number of hydrogen-bond acceptors (Lipinski definition) is 4. The third-order valence-corrected chi connectivity index (χ3v) is 4.31. The van der Waals surface area contributed by atoms with Crippen molar-refractivity contribution < 1.29 is 9.53 Å². The standard InChI is InChI=1S/C19H25N3O2/c1-15(14-22-10-12-24-13-11-22)20-19(23)9-8-17-7-6-16-4-2-3-5-18(16)21-17/h2-7,15H,8-14H2,1H3,(H,20,23). The molecule has 0 spiro atoms. The van der Waals surface area contributed by atoms with Gasteiger partial charge in [0.05, 0.1) is 18.7 Å². The molecule has 24 heavy (non-hydrogen) atoms. The summed E-state index contributed by atoms with van der Waals surface area (Å²) in [4.78, 5) is 19.1. The second-order valence-corrected chi connectivity index (χ2v) is 6.38. The van der Waals surface area contributed by atoms with Gasteiger partial charge in [0.1, 0.15) is 0 Å². The monoisotopic (exact) mass is 327 g/mol. The highest BCUT2D eigenvalue weighted by Gasteiger charge is 2.15. The maximum atomic E-state index is 12.1. The Hall–Kier alpha value is -1.98. The number of hydrogen-bond donors (Lipinski definition) is 1. The molecule has 5 heteroatoms. The number of carbonyl (C=O) groups is 1. The van der Waals surface area contributed by atoms with Gasteiger partial charge in [0.15, 0.2) is 0 Å². The van der Waals surface area contributed by atoms with Crippen LogP contribution in [0.5, 0.6) is 0 Å². The number of morpholine rings is 1. The second-order valence-electron chi connectivity index (χ2n) is 6.38. The number of benzene rings is 1. The van der Waals surface area contributed by atoms with Crippen molar-refractivity contribution in [1.82, 2.24) is 15.2 Å². The van der Waals surface area contributed by atoms with E-state index in [1.165, 1.54) is 0 Å². The minimum absolute atomic E-state index is 0.0886. The summed E-state index contributed by atoms with van der Waals surface area (Å²) in [6, 6.07) is 12.3. The molecule has 1 aromatic heterocycles. The van der Waals surface area contributed by atoms with Gasteiger partial charge in [-0.25, -0.2) is 0 Å². The van der Waals surface area contributed by atoms with Crippen molar-refractivity contribution in [3.05, 3.63) is 42.1 Å². The molecule has 1 aliphatic heterocycles. The fraction of sp³-hybridized carbons (Fsp3) is 0.474. The number of amides is 1. The van der Waals surface area contributed by atoms with Gasteiger partial charge in [-0.15, -0.1) is 0 Å². The van der Waals surface area contributed by atoms with Gasteiger partial charge in [-0.05, 0) is 25.5 Å². The molecule has 0 saturated carbocycles. The molecule has 128 valence electrons.